The van der Waals surface area contributed by atoms with Crippen LogP contribution in [0.1, 0.15) is 139 Å². The summed E-state index contributed by atoms with van der Waals surface area (Å²) >= 11 is 0. The van der Waals surface area contributed by atoms with Crippen molar-refractivity contribution in [2.24, 2.45) is 57.7 Å². The quantitative estimate of drug-likeness (QED) is 0.272. The van der Waals surface area contributed by atoms with Gasteiger partial charge in [-0.15, -0.1) is 0 Å². The summed E-state index contributed by atoms with van der Waals surface area (Å²) in [6.45, 7) is 19.2. The van der Waals surface area contributed by atoms with Crippen molar-refractivity contribution in [2.45, 2.75) is 145 Å². The van der Waals surface area contributed by atoms with Gasteiger partial charge in [0.05, 0.1) is 11.0 Å². The highest BCUT2D eigenvalue weighted by Crippen LogP contribution is 2.71. The number of hydrogen-bond donors (Lipinski definition) is 0. The molecule has 0 radical (unpaired) electrons. The SMILES string of the molecule is CC1=CC=C(S(=O)(=O)OC2CCC3(C)C4CCC5(C)C(C(C)CCCC(C)C)CCC5C4CCC3(C)C2)C(C)C1. The van der Waals surface area contributed by atoms with Crippen molar-refractivity contribution in [1.82, 2.24) is 0 Å². The molecule has 40 heavy (non-hydrogen) atoms. The molecule has 10 unspecified atom stereocenters. The molecule has 0 aromatic carbocycles. The van der Waals surface area contributed by atoms with E-state index in [1.807, 2.05) is 13.0 Å². The van der Waals surface area contributed by atoms with Crippen molar-refractivity contribution in [3.8, 4) is 0 Å². The highest BCUT2D eigenvalue weighted by molar-refractivity contribution is 7.90. The van der Waals surface area contributed by atoms with Crippen LogP contribution < -0.4 is 0 Å². The zero-order valence-corrected chi connectivity index (χ0v) is 27.9. The predicted molar refractivity (Wildman–Crippen MR) is 167 cm³/mol. The Labute approximate surface area is 247 Å². The molecular weight excluding hydrogens is 512 g/mol. The van der Waals surface area contributed by atoms with Crippen LogP contribution in [-0.4, -0.2) is 14.5 Å². The first-order chi connectivity index (χ1) is 18.7. The second-order valence-electron chi connectivity index (χ2n) is 16.5. The van der Waals surface area contributed by atoms with Gasteiger partial charge >= 0.3 is 0 Å². The molecular formula is C36H60O3S. The molecule has 0 spiro atoms. The number of rotatable bonds is 8. The highest BCUT2D eigenvalue weighted by atomic mass is 32.2. The smallest absolute Gasteiger partial charge is 0.263 e. The lowest BCUT2D eigenvalue weighted by atomic mass is 9.40. The number of hydrogen-bond acceptors (Lipinski definition) is 3. The van der Waals surface area contributed by atoms with E-state index in [2.05, 4.69) is 48.5 Å². The topological polar surface area (TPSA) is 43.4 Å². The molecule has 4 saturated carbocycles. The van der Waals surface area contributed by atoms with Gasteiger partial charge in [-0.3, -0.25) is 4.18 Å². The second kappa shape index (κ2) is 11.1. The van der Waals surface area contributed by atoms with Gasteiger partial charge in [-0.2, -0.15) is 8.42 Å². The van der Waals surface area contributed by atoms with Gasteiger partial charge < -0.3 is 0 Å². The summed E-state index contributed by atoms with van der Waals surface area (Å²) in [4.78, 5) is 0.473. The molecule has 5 aliphatic carbocycles. The van der Waals surface area contributed by atoms with Crippen molar-refractivity contribution < 1.29 is 12.6 Å². The molecule has 0 aromatic rings. The summed E-state index contributed by atoms with van der Waals surface area (Å²) < 4.78 is 32.8. The normalized spacial score (nSPS) is 44.3. The van der Waals surface area contributed by atoms with Gasteiger partial charge in [-0.05, 0) is 135 Å². The summed E-state index contributed by atoms with van der Waals surface area (Å²) in [5, 5.41) is 0. The van der Waals surface area contributed by atoms with Gasteiger partial charge in [0, 0.05) is 0 Å². The molecule has 0 aliphatic heterocycles. The van der Waals surface area contributed by atoms with Crippen LogP contribution in [0.5, 0.6) is 0 Å². The minimum Gasteiger partial charge on any atom is -0.263 e. The lowest BCUT2D eigenvalue weighted by Crippen LogP contribution is -2.58. The molecule has 0 amide bonds. The third kappa shape index (κ3) is 5.33. The van der Waals surface area contributed by atoms with E-state index in [9.17, 15) is 8.42 Å². The van der Waals surface area contributed by atoms with Crippen LogP contribution in [0.25, 0.3) is 0 Å². The van der Waals surface area contributed by atoms with Crippen LogP contribution in [0.15, 0.2) is 22.6 Å². The minimum atomic E-state index is -3.69. The minimum absolute atomic E-state index is 0.000377. The van der Waals surface area contributed by atoms with Gasteiger partial charge in [0.25, 0.3) is 10.1 Å². The summed E-state index contributed by atoms with van der Waals surface area (Å²) in [5.74, 6) is 5.10. The summed E-state index contributed by atoms with van der Waals surface area (Å²) in [5.41, 5.74) is 2.21. The fourth-order valence-corrected chi connectivity index (χ4v) is 12.7. The average Bonchev–Trinajstić information content (AvgIpc) is 3.21. The van der Waals surface area contributed by atoms with Crippen LogP contribution in [0.2, 0.25) is 0 Å². The maximum Gasteiger partial charge on any atom is 0.293 e. The Balaban J connectivity index is 1.27. The first-order valence-corrected chi connectivity index (χ1v) is 18.4. The maximum absolute atomic E-state index is 13.4. The van der Waals surface area contributed by atoms with Crippen molar-refractivity contribution in [2.75, 3.05) is 0 Å². The van der Waals surface area contributed by atoms with E-state index < -0.39 is 10.1 Å². The number of fused-ring (bicyclic) bond motifs is 5. The Kier molecular flexibility index (Phi) is 8.59. The predicted octanol–water partition coefficient (Wildman–Crippen LogP) is 10.1. The van der Waals surface area contributed by atoms with Crippen LogP contribution in [0.4, 0.5) is 0 Å². The molecule has 3 nitrogen and oxygen atoms in total. The Morgan fingerprint density at radius 3 is 2.38 bits per heavy atom. The van der Waals surface area contributed by atoms with Crippen molar-refractivity contribution >= 4 is 10.1 Å². The zero-order valence-electron chi connectivity index (χ0n) is 27.1. The summed E-state index contributed by atoms with van der Waals surface area (Å²) in [7, 11) is -3.69. The molecule has 0 saturated heterocycles. The van der Waals surface area contributed by atoms with Gasteiger partial charge in [0.1, 0.15) is 0 Å². The molecule has 4 fully saturated rings. The molecule has 5 aliphatic rings. The first-order valence-electron chi connectivity index (χ1n) is 17.0. The Hall–Kier alpha value is -0.610. The largest absolute Gasteiger partial charge is 0.293 e. The molecule has 0 bridgehead atoms. The number of allylic oxidation sites excluding steroid dienone is 4. The Morgan fingerprint density at radius 2 is 1.68 bits per heavy atom. The molecule has 10 atom stereocenters. The molecule has 228 valence electrons. The van der Waals surface area contributed by atoms with Gasteiger partial charge in [-0.1, -0.05) is 79.4 Å². The van der Waals surface area contributed by atoms with Crippen molar-refractivity contribution in [1.29, 1.82) is 0 Å². The Morgan fingerprint density at radius 1 is 0.925 bits per heavy atom. The molecule has 4 heteroatoms. The van der Waals surface area contributed by atoms with E-state index in [1.165, 1.54) is 63.4 Å². The lowest BCUT2D eigenvalue weighted by Gasteiger charge is -2.65. The average molecular weight is 573 g/mol. The third-order valence-corrected chi connectivity index (χ3v) is 15.4. The van der Waals surface area contributed by atoms with E-state index in [1.54, 1.807) is 6.08 Å². The van der Waals surface area contributed by atoms with Crippen LogP contribution in [0.3, 0.4) is 0 Å². The summed E-state index contributed by atoms with van der Waals surface area (Å²) in [6.07, 6.45) is 19.6. The van der Waals surface area contributed by atoms with Crippen LogP contribution >= 0.6 is 0 Å². The second-order valence-corrected chi connectivity index (χ2v) is 18.1. The van der Waals surface area contributed by atoms with E-state index in [0.29, 0.717) is 15.7 Å². The molecule has 5 rings (SSSR count). The van der Waals surface area contributed by atoms with Crippen LogP contribution in [-0.2, 0) is 14.3 Å². The molecule has 0 N–H and O–H groups in total. The highest BCUT2D eigenvalue weighted by Gasteiger charge is 2.63. The summed E-state index contributed by atoms with van der Waals surface area (Å²) in [6, 6.07) is 0. The van der Waals surface area contributed by atoms with Gasteiger partial charge in [-0.25, -0.2) is 0 Å². The standard InChI is InChI=1S/C36H60O3S/c1-24(2)10-9-11-26(4)30-13-14-31-29-17-19-34(6)23-28(16-21-36(34,8)32(29)18-20-35(30,31)7)39-40(37,38)33-15-12-25(3)22-27(33)5/h12,15,24,26-32H,9-11,13-14,16-23H2,1-8H3. The van der Waals surface area contributed by atoms with E-state index >= 15 is 0 Å². The maximum atomic E-state index is 13.4. The van der Waals surface area contributed by atoms with E-state index in [-0.39, 0.29) is 17.4 Å². The van der Waals surface area contributed by atoms with Gasteiger partial charge in [0.2, 0.25) is 0 Å². The van der Waals surface area contributed by atoms with E-state index in [4.69, 9.17) is 4.18 Å². The monoisotopic (exact) mass is 572 g/mol. The van der Waals surface area contributed by atoms with Crippen molar-refractivity contribution in [3.05, 3.63) is 22.6 Å². The fourth-order valence-electron chi connectivity index (χ4n) is 11.3. The van der Waals surface area contributed by atoms with E-state index in [0.717, 1.165) is 61.2 Å². The molecule has 0 heterocycles. The first kappa shape index (κ1) is 30.8. The molecule has 0 aromatic heterocycles. The Bertz CT molecular complexity index is 1100. The van der Waals surface area contributed by atoms with Crippen molar-refractivity contribution in [3.63, 3.8) is 0 Å². The fraction of sp³-hybridized carbons (Fsp3) is 0.889. The lowest BCUT2D eigenvalue weighted by molar-refractivity contribution is -0.168. The van der Waals surface area contributed by atoms with Gasteiger partial charge in [0.15, 0.2) is 0 Å². The van der Waals surface area contributed by atoms with Crippen LogP contribution in [0, 0.1) is 57.7 Å². The zero-order chi connectivity index (χ0) is 29.1. The third-order valence-electron chi connectivity index (χ3n) is 13.7.